The Kier molecular flexibility index (Phi) is 5.44. The number of aromatic nitrogens is 1. The number of amidine groups is 1. The first-order valence-electron chi connectivity index (χ1n) is 9.51. The zero-order valence-electron chi connectivity index (χ0n) is 16.1. The highest BCUT2D eigenvalue weighted by Gasteiger charge is 2.27. The molecule has 3 heterocycles. The van der Waals surface area contributed by atoms with Gasteiger partial charge in [-0.05, 0) is 37.1 Å². The first-order chi connectivity index (χ1) is 14.4. The standard InChI is InChI=1S/C19H22N6O4S/c20-18-17-15(23-30(27,28)24-18)4-1-5-16(17)29-12-13-3-2-10-25(11-13)19(26)22-14-6-8-21-9-7-14/h1,4-9,13,23H,2-3,10-12H2,(H2,20,24)(H,21,22,26)/t13-/m0/s1. The summed E-state index contributed by atoms with van der Waals surface area (Å²) < 4.78 is 35.2. The fourth-order valence-corrected chi connectivity index (χ4v) is 4.41. The molecule has 1 fully saturated rings. The third kappa shape index (κ3) is 4.46. The molecule has 158 valence electrons. The normalized spacial score (nSPS) is 19.8. The van der Waals surface area contributed by atoms with Crippen LogP contribution in [0.4, 0.5) is 16.2 Å². The molecule has 2 aliphatic rings. The number of hydrogen-bond donors (Lipinski definition) is 3. The fraction of sp³-hybridized carbons (Fsp3) is 0.316. The van der Waals surface area contributed by atoms with Crippen molar-refractivity contribution < 1.29 is 17.9 Å². The van der Waals surface area contributed by atoms with Crippen LogP contribution in [0.3, 0.4) is 0 Å². The Labute approximate surface area is 174 Å². The number of nitrogens with one attached hydrogen (secondary N) is 2. The second-order valence-corrected chi connectivity index (χ2v) is 8.50. The van der Waals surface area contributed by atoms with Crippen molar-refractivity contribution in [2.24, 2.45) is 16.0 Å². The molecule has 10 nitrogen and oxygen atoms in total. The Morgan fingerprint density at radius 1 is 1.30 bits per heavy atom. The van der Waals surface area contributed by atoms with Crippen LogP contribution < -0.4 is 20.5 Å². The summed E-state index contributed by atoms with van der Waals surface area (Å²) in [7, 11) is -3.84. The van der Waals surface area contributed by atoms with Crippen LogP contribution in [0.15, 0.2) is 47.1 Å². The van der Waals surface area contributed by atoms with E-state index in [0.717, 1.165) is 12.8 Å². The Bertz CT molecular complexity index is 1070. The van der Waals surface area contributed by atoms with Gasteiger partial charge in [0.1, 0.15) is 5.75 Å². The minimum Gasteiger partial charge on any atom is -0.492 e. The quantitative estimate of drug-likeness (QED) is 0.676. The summed E-state index contributed by atoms with van der Waals surface area (Å²) in [5.41, 5.74) is 7.31. The number of anilines is 2. The lowest BCUT2D eigenvalue weighted by atomic mass is 9.99. The van der Waals surface area contributed by atoms with Crippen molar-refractivity contribution in [1.82, 2.24) is 9.88 Å². The number of carbonyl (C=O) groups is 1. The summed E-state index contributed by atoms with van der Waals surface area (Å²) in [6.07, 6.45) is 5.04. The molecule has 2 aromatic rings. The number of fused-ring (bicyclic) bond motifs is 1. The van der Waals surface area contributed by atoms with Crippen molar-refractivity contribution in [2.75, 3.05) is 29.7 Å². The van der Waals surface area contributed by atoms with Crippen LogP contribution in [0.25, 0.3) is 0 Å². The van der Waals surface area contributed by atoms with Crippen molar-refractivity contribution in [1.29, 1.82) is 0 Å². The van der Waals surface area contributed by atoms with Crippen molar-refractivity contribution >= 4 is 33.5 Å². The summed E-state index contributed by atoms with van der Waals surface area (Å²) in [5, 5.41) is 2.87. The molecule has 4 N–H and O–H groups in total. The lowest BCUT2D eigenvalue weighted by Crippen LogP contribution is -2.43. The predicted molar refractivity (Wildman–Crippen MR) is 113 cm³/mol. The SMILES string of the molecule is NC1=NS(=O)(=O)Nc2cccc(OC[C@H]3CCCN(C(=O)Nc4ccncc4)C3)c21. The Morgan fingerprint density at radius 2 is 2.10 bits per heavy atom. The van der Waals surface area contributed by atoms with Gasteiger partial charge >= 0.3 is 16.2 Å². The van der Waals surface area contributed by atoms with Gasteiger partial charge in [-0.25, -0.2) is 4.79 Å². The Balaban J connectivity index is 1.40. The maximum atomic E-state index is 12.5. The summed E-state index contributed by atoms with van der Waals surface area (Å²) in [4.78, 5) is 18.2. The number of nitrogens with zero attached hydrogens (tertiary/aromatic N) is 3. The lowest BCUT2D eigenvalue weighted by Gasteiger charge is -2.33. The molecule has 0 radical (unpaired) electrons. The van der Waals surface area contributed by atoms with E-state index in [1.165, 1.54) is 0 Å². The van der Waals surface area contributed by atoms with Crippen LogP contribution >= 0.6 is 0 Å². The van der Waals surface area contributed by atoms with Crippen LogP contribution in [-0.4, -0.2) is 49.9 Å². The van der Waals surface area contributed by atoms with Crippen molar-refractivity contribution in [2.45, 2.75) is 12.8 Å². The Morgan fingerprint density at radius 3 is 2.90 bits per heavy atom. The smallest absolute Gasteiger partial charge is 0.344 e. The molecule has 4 rings (SSSR count). The number of likely N-dealkylation sites (tertiary alicyclic amines) is 1. The van der Waals surface area contributed by atoms with Crippen LogP contribution in [-0.2, 0) is 10.2 Å². The number of benzene rings is 1. The number of rotatable bonds is 4. The molecule has 1 aromatic carbocycles. The summed E-state index contributed by atoms with van der Waals surface area (Å²) in [6.45, 7) is 1.60. The number of nitrogens with two attached hydrogens (primary N) is 1. The average molecular weight is 430 g/mol. The third-order valence-electron chi connectivity index (χ3n) is 4.95. The lowest BCUT2D eigenvalue weighted by molar-refractivity contribution is 0.145. The topological polar surface area (TPSA) is 139 Å². The van der Waals surface area contributed by atoms with E-state index < -0.39 is 10.2 Å². The summed E-state index contributed by atoms with van der Waals surface area (Å²) in [5.74, 6) is 0.479. The zero-order valence-corrected chi connectivity index (χ0v) is 16.9. The number of hydrogen-bond acceptors (Lipinski definition) is 6. The number of carbonyl (C=O) groups excluding carboxylic acids is 1. The highest BCUT2D eigenvalue weighted by Crippen LogP contribution is 2.31. The first kappa shape index (κ1) is 20.0. The molecule has 1 atom stereocenters. The van der Waals surface area contributed by atoms with E-state index in [1.54, 1.807) is 47.6 Å². The molecule has 0 bridgehead atoms. The number of ether oxygens (including phenoxy) is 1. The van der Waals surface area contributed by atoms with Crippen LogP contribution in [0.2, 0.25) is 0 Å². The van der Waals surface area contributed by atoms with E-state index in [2.05, 4.69) is 19.4 Å². The molecule has 2 aliphatic heterocycles. The number of urea groups is 1. The molecular weight excluding hydrogens is 408 g/mol. The van der Waals surface area contributed by atoms with Crippen LogP contribution in [0, 0.1) is 5.92 Å². The zero-order chi connectivity index (χ0) is 21.1. The van der Waals surface area contributed by atoms with Crippen molar-refractivity contribution in [3.63, 3.8) is 0 Å². The van der Waals surface area contributed by atoms with Gasteiger partial charge in [0.15, 0.2) is 5.84 Å². The van der Waals surface area contributed by atoms with E-state index in [0.29, 0.717) is 42.4 Å². The fourth-order valence-electron chi connectivity index (χ4n) is 3.57. The van der Waals surface area contributed by atoms with E-state index in [4.69, 9.17) is 10.5 Å². The number of amides is 2. The highest BCUT2D eigenvalue weighted by atomic mass is 32.2. The van der Waals surface area contributed by atoms with Gasteiger partial charge in [0.25, 0.3) is 0 Å². The van der Waals surface area contributed by atoms with Crippen LogP contribution in [0.1, 0.15) is 18.4 Å². The average Bonchev–Trinajstić information content (AvgIpc) is 2.72. The molecular formula is C19H22N6O4S. The molecule has 1 saturated heterocycles. The molecule has 0 unspecified atom stereocenters. The van der Waals surface area contributed by atoms with Gasteiger partial charge < -0.3 is 20.7 Å². The highest BCUT2D eigenvalue weighted by molar-refractivity contribution is 7.91. The van der Waals surface area contributed by atoms with Gasteiger partial charge in [0.05, 0.1) is 17.9 Å². The van der Waals surface area contributed by atoms with E-state index in [1.807, 2.05) is 0 Å². The minimum atomic E-state index is -3.84. The minimum absolute atomic E-state index is 0.110. The summed E-state index contributed by atoms with van der Waals surface area (Å²) in [6, 6.07) is 8.33. The van der Waals surface area contributed by atoms with Gasteiger partial charge in [0, 0.05) is 37.1 Å². The molecule has 2 amide bonds. The maximum absolute atomic E-state index is 12.5. The van der Waals surface area contributed by atoms with Crippen molar-refractivity contribution in [3.8, 4) is 5.75 Å². The largest absolute Gasteiger partial charge is 0.492 e. The molecule has 30 heavy (non-hydrogen) atoms. The monoisotopic (exact) mass is 430 g/mol. The second-order valence-electron chi connectivity index (χ2n) is 7.16. The first-order valence-corrected chi connectivity index (χ1v) is 11.0. The molecule has 1 aromatic heterocycles. The molecule has 11 heteroatoms. The van der Waals surface area contributed by atoms with Crippen molar-refractivity contribution in [3.05, 3.63) is 48.3 Å². The van der Waals surface area contributed by atoms with Crippen LogP contribution in [0.5, 0.6) is 5.75 Å². The third-order valence-corrected chi connectivity index (χ3v) is 5.87. The molecule has 0 spiro atoms. The van der Waals surface area contributed by atoms with E-state index >= 15 is 0 Å². The predicted octanol–water partition coefficient (Wildman–Crippen LogP) is 1.78. The second kappa shape index (κ2) is 8.19. The van der Waals surface area contributed by atoms with Gasteiger partial charge in [-0.15, -0.1) is 4.40 Å². The van der Waals surface area contributed by atoms with Gasteiger partial charge in [-0.1, -0.05) is 6.07 Å². The molecule has 0 aliphatic carbocycles. The van der Waals surface area contributed by atoms with Gasteiger partial charge in [-0.3, -0.25) is 9.71 Å². The van der Waals surface area contributed by atoms with E-state index in [9.17, 15) is 13.2 Å². The number of pyridine rings is 1. The van der Waals surface area contributed by atoms with Gasteiger partial charge in [0.2, 0.25) is 0 Å². The van der Waals surface area contributed by atoms with Gasteiger partial charge in [-0.2, -0.15) is 8.42 Å². The molecule has 0 saturated carbocycles. The maximum Gasteiger partial charge on any atom is 0.344 e. The van der Waals surface area contributed by atoms with E-state index in [-0.39, 0.29) is 17.8 Å². The summed E-state index contributed by atoms with van der Waals surface area (Å²) >= 11 is 0. The number of piperidine rings is 1. The Hall–Kier alpha value is -3.34.